The summed E-state index contributed by atoms with van der Waals surface area (Å²) in [6.07, 6.45) is 4.11. The minimum atomic E-state index is -0.749. The van der Waals surface area contributed by atoms with Gasteiger partial charge in [0.05, 0.1) is 5.41 Å². The molecule has 1 saturated heterocycles. The Balaban J connectivity index is 1.51. The van der Waals surface area contributed by atoms with Gasteiger partial charge in [-0.05, 0) is 51.2 Å². The number of likely N-dealkylation sites (tertiary alicyclic amines) is 1. The van der Waals surface area contributed by atoms with Gasteiger partial charge in [0.15, 0.2) is 0 Å². The number of carbonyl (C=O) groups is 2. The van der Waals surface area contributed by atoms with E-state index >= 15 is 0 Å². The molecule has 1 saturated carbocycles. The summed E-state index contributed by atoms with van der Waals surface area (Å²) in [7, 11) is 0. The van der Waals surface area contributed by atoms with Crippen molar-refractivity contribution in [1.29, 1.82) is 0 Å². The Bertz CT molecular complexity index is 626. The van der Waals surface area contributed by atoms with Gasteiger partial charge in [-0.25, -0.2) is 4.79 Å². The zero-order chi connectivity index (χ0) is 17.3. The number of nitrogens with zero attached hydrogens (tertiary/aromatic N) is 1. The van der Waals surface area contributed by atoms with E-state index in [-0.39, 0.29) is 18.0 Å². The molecule has 132 valence electrons. The second kappa shape index (κ2) is 6.49. The first-order valence-electron chi connectivity index (χ1n) is 8.75. The fraction of sp³-hybridized carbons (Fsp3) is 0.667. The Morgan fingerprint density at radius 2 is 2.29 bits per heavy atom. The van der Waals surface area contributed by atoms with Crippen molar-refractivity contribution >= 4 is 12.0 Å². The summed E-state index contributed by atoms with van der Waals surface area (Å²) < 4.78 is 5.54. The highest BCUT2D eigenvalue weighted by atomic mass is 16.4. The molecule has 0 aromatic carbocycles. The van der Waals surface area contributed by atoms with Gasteiger partial charge in [-0.2, -0.15) is 0 Å². The number of fused-ring (bicyclic) bond motifs is 1. The first kappa shape index (κ1) is 16.9. The maximum absolute atomic E-state index is 12.5. The highest BCUT2D eigenvalue weighted by molar-refractivity contribution is 5.80. The zero-order valence-corrected chi connectivity index (χ0v) is 14.4. The molecular weight excluding hydrogens is 308 g/mol. The highest BCUT2D eigenvalue weighted by Gasteiger charge is 2.55. The summed E-state index contributed by atoms with van der Waals surface area (Å²) in [5.74, 6) is 1.17. The normalized spacial score (nSPS) is 27.1. The van der Waals surface area contributed by atoms with Crippen LogP contribution >= 0.6 is 0 Å². The summed E-state index contributed by atoms with van der Waals surface area (Å²) in [5, 5.41) is 12.6. The van der Waals surface area contributed by atoms with Crippen molar-refractivity contribution in [2.75, 3.05) is 13.1 Å². The van der Waals surface area contributed by atoms with Crippen LogP contribution in [0.25, 0.3) is 0 Å². The van der Waals surface area contributed by atoms with Gasteiger partial charge in [-0.1, -0.05) is 6.42 Å². The minimum absolute atomic E-state index is 0.0177. The SMILES string of the molecule is Cc1ccc(CCC(C)NC(=O)N2C[C@@H]3CCC[C@@]3(C(=O)O)C2)o1. The molecule has 2 aliphatic rings. The van der Waals surface area contributed by atoms with E-state index in [1.807, 2.05) is 26.0 Å². The van der Waals surface area contributed by atoms with Gasteiger partial charge < -0.3 is 19.7 Å². The predicted octanol–water partition coefficient (Wildman–Crippen LogP) is 2.81. The zero-order valence-electron chi connectivity index (χ0n) is 14.4. The molecule has 1 aromatic heterocycles. The standard InChI is InChI=1S/C18H26N2O4/c1-12(5-7-15-8-6-13(2)24-15)19-17(23)20-10-14-4-3-9-18(14,11-20)16(21)22/h6,8,12,14H,3-5,7,9-11H2,1-2H3,(H,19,23)(H,21,22)/t12?,14-,18+/m0/s1. The topological polar surface area (TPSA) is 82.8 Å². The second-order valence-electron chi connectivity index (χ2n) is 7.33. The number of aliphatic carboxylic acids is 1. The van der Waals surface area contributed by atoms with Crippen LogP contribution < -0.4 is 5.32 Å². The number of furan rings is 1. The van der Waals surface area contributed by atoms with Crippen molar-refractivity contribution in [3.63, 3.8) is 0 Å². The molecule has 1 unspecified atom stereocenters. The fourth-order valence-electron chi connectivity index (χ4n) is 4.15. The lowest BCUT2D eigenvalue weighted by atomic mass is 9.81. The van der Waals surface area contributed by atoms with Crippen LogP contribution in [0.2, 0.25) is 0 Å². The number of hydrogen-bond acceptors (Lipinski definition) is 3. The minimum Gasteiger partial charge on any atom is -0.481 e. The second-order valence-corrected chi connectivity index (χ2v) is 7.33. The van der Waals surface area contributed by atoms with Gasteiger partial charge in [-0.15, -0.1) is 0 Å². The summed E-state index contributed by atoms with van der Waals surface area (Å²) >= 11 is 0. The van der Waals surface area contributed by atoms with Crippen molar-refractivity contribution in [2.24, 2.45) is 11.3 Å². The third kappa shape index (κ3) is 3.14. The molecule has 2 heterocycles. The lowest BCUT2D eigenvalue weighted by Gasteiger charge is -2.24. The lowest BCUT2D eigenvalue weighted by molar-refractivity contribution is -0.149. The number of aryl methyl sites for hydroxylation is 2. The molecule has 2 N–H and O–H groups in total. The molecule has 3 atom stereocenters. The lowest BCUT2D eigenvalue weighted by Crippen LogP contribution is -2.44. The maximum atomic E-state index is 12.5. The van der Waals surface area contributed by atoms with Gasteiger partial charge in [0, 0.05) is 25.6 Å². The maximum Gasteiger partial charge on any atom is 0.317 e. The third-order valence-corrected chi connectivity index (χ3v) is 5.57. The van der Waals surface area contributed by atoms with Gasteiger partial charge >= 0.3 is 12.0 Å². The Hall–Kier alpha value is -1.98. The molecule has 0 bridgehead atoms. The molecule has 1 aliphatic heterocycles. The molecule has 1 aliphatic carbocycles. The van der Waals surface area contributed by atoms with Crippen LogP contribution in [0.4, 0.5) is 4.79 Å². The van der Waals surface area contributed by atoms with Crippen molar-refractivity contribution < 1.29 is 19.1 Å². The number of carboxylic acid groups (broad SMARTS) is 1. The molecule has 6 nitrogen and oxygen atoms in total. The van der Waals surface area contributed by atoms with E-state index in [0.717, 1.165) is 37.2 Å². The average molecular weight is 334 g/mol. The van der Waals surface area contributed by atoms with Crippen LogP contribution in [0.5, 0.6) is 0 Å². The summed E-state index contributed by atoms with van der Waals surface area (Å²) in [6.45, 7) is 4.78. The van der Waals surface area contributed by atoms with E-state index < -0.39 is 11.4 Å². The number of amides is 2. The van der Waals surface area contributed by atoms with E-state index in [2.05, 4.69) is 5.32 Å². The molecule has 1 aromatic rings. The van der Waals surface area contributed by atoms with Crippen molar-refractivity contribution in [3.05, 3.63) is 23.7 Å². The molecule has 6 heteroatoms. The van der Waals surface area contributed by atoms with Crippen molar-refractivity contribution in [1.82, 2.24) is 10.2 Å². The molecule has 0 spiro atoms. The van der Waals surface area contributed by atoms with Crippen molar-refractivity contribution in [2.45, 2.75) is 52.0 Å². The quantitative estimate of drug-likeness (QED) is 0.867. The number of nitrogens with one attached hydrogen (secondary N) is 1. The van der Waals surface area contributed by atoms with Gasteiger partial charge in [0.1, 0.15) is 11.5 Å². The smallest absolute Gasteiger partial charge is 0.317 e. The van der Waals surface area contributed by atoms with Crippen LogP contribution in [-0.4, -0.2) is 41.1 Å². The average Bonchev–Trinajstić information content (AvgIpc) is 3.18. The molecule has 0 radical (unpaired) electrons. The summed E-state index contributed by atoms with van der Waals surface area (Å²) in [6, 6.07) is 3.77. The number of carboxylic acids is 1. The Kier molecular flexibility index (Phi) is 4.56. The molecule has 24 heavy (non-hydrogen) atoms. The van der Waals surface area contributed by atoms with Crippen LogP contribution in [-0.2, 0) is 11.2 Å². The summed E-state index contributed by atoms with van der Waals surface area (Å²) in [5.41, 5.74) is -0.716. The van der Waals surface area contributed by atoms with E-state index in [1.54, 1.807) is 4.90 Å². The van der Waals surface area contributed by atoms with Crippen LogP contribution in [0.1, 0.15) is 44.1 Å². The monoisotopic (exact) mass is 334 g/mol. The van der Waals surface area contributed by atoms with Crippen LogP contribution in [0.3, 0.4) is 0 Å². The van der Waals surface area contributed by atoms with E-state index in [0.29, 0.717) is 19.5 Å². The van der Waals surface area contributed by atoms with Crippen LogP contribution in [0, 0.1) is 18.3 Å². The van der Waals surface area contributed by atoms with Gasteiger partial charge in [0.2, 0.25) is 0 Å². The number of carbonyl (C=O) groups excluding carboxylic acids is 1. The van der Waals surface area contributed by atoms with E-state index in [1.165, 1.54) is 0 Å². The van der Waals surface area contributed by atoms with Crippen molar-refractivity contribution in [3.8, 4) is 0 Å². The van der Waals surface area contributed by atoms with Gasteiger partial charge in [0.25, 0.3) is 0 Å². The molecular formula is C18H26N2O4. The molecule has 3 rings (SSSR count). The first-order valence-corrected chi connectivity index (χ1v) is 8.75. The molecule has 2 amide bonds. The highest BCUT2D eigenvalue weighted by Crippen LogP contribution is 2.48. The predicted molar refractivity (Wildman–Crippen MR) is 88.7 cm³/mol. The number of hydrogen-bond donors (Lipinski definition) is 2. The van der Waals surface area contributed by atoms with E-state index in [4.69, 9.17) is 4.42 Å². The largest absolute Gasteiger partial charge is 0.481 e. The third-order valence-electron chi connectivity index (χ3n) is 5.57. The number of rotatable bonds is 5. The number of urea groups is 1. The van der Waals surface area contributed by atoms with Crippen LogP contribution in [0.15, 0.2) is 16.5 Å². The fourth-order valence-corrected chi connectivity index (χ4v) is 4.15. The summed E-state index contributed by atoms with van der Waals surface area (Å²) in [4.78, 5) is 25.8. The Morgan fingerprint density at radius 3 is 2.92 bits per heavy atom. The molecule has 2 fully saturated rings. The Labute approximate surface area is 142 Å². The first-order chi connectivity index (χ1) is 11.4. The Morgan fingerprint density at radius 1 is 1.50 bits per heavy atom. The van der Waals surface area contributed by atoms with Gasteiger partial charge in [-0.3, -0.25) is 4.79 Å². The van der Waals surface area contributed by atoms with E-state index in [9.17, 15) is 14.7 Å².